The lowest BCUT2D eigenvalue weighted by molar-refractivity contribution is 0.199. The van der Waals surface area contributed by atoms with Crippen molar-refractivity contribution in [1.82, 2.24) is 25.0 Å². The van der Waals surface area contributed by atoms with Crippen molar-refractivity contribution >= 4 is 0 Å². The number of benzene rings is 1. The van der Waals surface area contributed by atoms with E-state index in [1.807, 2.05) is 13.0 Å². The minimum Gasteiger partial charge on any atom is -0.312 e. The highest BCUT2D eigenvalue weighted by Crippen LogP contribution is 2.28. The van der Waals surface area contributed by atoms with E-state index in [0.717, 1.165) is 63.5 Å². The van der Waals surface area contributed by atoms with E-state index in [4.69, 9.17) is 0 Å². The second kappa shape index (κ2) is 6.61. The van der Waals surface area contributed by atoms with Crippen molar-refractivity contribution in [1.29, 1.82) is 0 Å². The number of aryl methyl sites for hydroxylation is 1. The van der Waals surface area contributed by atoms with Crippen molar-refractivity contribution in [3.63, 3.8) is 0 Å². The third-order valence-electron chi connectivity index (χ3n) is 5.30. The van der Waals surface area contributed by atoms with Crippen LogP contribution < -0.4 is 5.32 Å². The van der Waals surface area contributed by atoms with Crippen molar-refractivity contribution in [2.24, 2.45) is 0 Å². The van der Waals surface area contributed by atoms with Gasteiger partial charge in [-0.05, 0) is 56.1 Å². The minimum atomic E-state index is -0.152. The highest BCUT2D eigenvalue weighted by Gasteiger charge is 2.27. The van der Waals surface area contributed by atoms with Crippen molar-refractivity contribution in [3.05, 3.63) is 46.8 Å². The molecule has 0 atom stereocenters. The minimum absolute atomic E-state index is 0.152. The monoisotopic (exact) mass is 329 g/mol. The quantitative estimate of drug-likeness (QED) is 0.938. The maximum atomic E-state index is 13.2. The molecule has 4 rings (SSSR count). The van der Waals surface area contributed by atoms with Gasteiger partial charge in [0.2, 0.25) is 0 Å². The maximum Gasteiger partial charge on any atom is 0.147 e. The molecule has 128 valence electrons. The standard InChI is InChI=1S/C18H24FN5/c1-13-10-16(19)3-2-15(13)12-23-7-4-14(5-8-23)18-22-21-17-11-20-6-9-24(17)18/h2-3,10,14,20H,4-9,11-12H2,1H3. The van der Waals surface area contributed by atoms with E-state index in [2.05, 4.69) is 25.0 Å². The maximum absolute atomic E-state index is 13.2. The van der Waals surface area contributed by atoms with E-state index in [0.29, 0.717) is 5.92 Å². The molecule has 0 saturated carbocycles. The fraction of sp³-hybridized carbons (Fsp3) is 0.556. The molecule has 1 saturated heterocycles. The van der Waals surface area contributed by atoms with Crippen molar-refractivity contribution in [2.75, 3.05) is 19.6 Å². The van der Waals surface area contributed by atoms with Gasteiger partial charge >= 0.3 is 0 Å². The number of aromatic nitrogens is 3. The average molecular weight is 329 g/mol. The van der Waals surface area contributed by atoms with Crippen molar-refractivity contribution in [2.45, 2.75) is 45.3 Å². The van der Waals surface area contributed by atoms with Crippen LogP contribution in [0.15, 0.2) is 18.2 Å². The zero-order chi connectivity index (χ0) is 16.5. The summed E-state index contributed by atoms with van der Waals surface area (Å²) < 4.78 is 15.5. The fourth-order valence-electron chi connectivity index (χ4n) is 3.84. The van der Waals surface area contributed by atoms with E-state index < -0.39 is 0 Å². The summed E-state index contributed by atoms with van der Waals surface area (Å²) in [6, 6.07) is 5.10. The zero-order valence-corrected chi connectivity index (χ0v) is 14.1. The first kappa shape index (κ1) is 15.7. The summed E-state index contributed by atoms with van der Waals surface area (Å²) in [6.45, 7) is 7.81. The van der Waals surface area contributed by atoms with Crippen LogP contribution >= 0.6 is 0 Å². The first-order chi connectivity index (χ1) is 11.7. The lowest BCUT2D eigenvalue weighted by Crippen LogP contribution is -2.34. The lowest BCUT2D eigenvalue weighted by Gasteiger charge is -2.32. The molecule has 24 heavy (non-hydrogen) atoms. The molecule has 0 amide bonds. The highest BCUT2D eigenvalue weighted by molar-refractivity contribution is 5.26. The van der Waals surface area contributed by atoms with Crippen LogP contribution in [0.25, 0.3) is 0 Å². The van der Waals surface area contributed by atoms with E-state index in [1.165, 1.54) is 11.4 Å². The Morgan fingerprint density at radius 3 is 2.83 bits per heavy atom. The van der Waals surface area contributed by atoms with Gasteiger partial charge in [-0.3, -0.25) is 4.90 Å². The van der Waals surface area contributed by atoms with Gasteiger partial charge in [0.1, 0.15) is 17.5 Å². The molecule has 2 aliphatic rings. The molecule has 0 radical (unpaired) electrons. The Labute approximate surface area is 141 Å². The zero-order valence-electron chi connectivity index (χ0n) is 14.1. The summed E-state index contributed by atoms with van der Waals surface area (Å²) in [5.41, 5.74) is 2.26. The molecule has 0 spiro atoms. The molecular formula is C18H24FN5. The van der Waals surface area contributed by atoms with Gasteiger partial charge in [0.15, 0.2) is 0 Å². The number of rotatable bonds is 3. The molecule has 0 aliphatic carbocycles. The first-order valence-electron chi connectivity index (χ1n) is 8.81. The van der Waals surface area contributed by atoms with Crippen LogP contribution in [0.1, 0.15) is 41.5 Å². The van der Waals surface area contributed by atoms with E-state index in [9.17, 15) is 4.39 Å². The van der Waals surface area contributed by atoms with Crippen LogP contribution in [0.5, 0.6) is 0 Å². The number of halogens is 1. The predicted octanol–water partition coefficient (Wildman–Crippen LogP) is 2.21. The fourth-order valence-corrected chi connectivity index (χ4v) is 3.84. The summed E-state index contributed by atoms with van der Waals surface area (Å²) in [5.74, 6) is 2.60. The van der Waals surface area contributed by atoms with Crippen LogP contribution in [0.2, 0.25) is 0 Å². The van der Waals surface area contributed by atoms with Gasteiger partial charge < -0.3 is 9.88 Å². The third kappa shape index (κ3) is 3.08. The Morgan fingerprint density at radius 2 is 2.04 bits per heavy atom. The number of fused-ring (bicyclic) bond motifs is 1. The molecule has 1 fully saturated rings. The van der Waals surface area contributed by atoms with Gasteiger partial charge in [-0.15, -0.1) is 10.2 Å². The second-order valence-electron chi connectivity index (χ2n) is 6.92. The summed E-state index contributed by atoms with van der Waals surface area (Å²) in [5, 5.41) is 12.1. The SMILES string of the molecule is Cc1cc(F)ccc1CN1CCC(c2nnc3n2CCNC3)CC1. The average Bonchev–Trinajstić information content (AvgIpc) is 3.02. The van der Waals surface area contributed by atoms with E-state index in [1.54, 1.807) is 12.1 Å². The number of piperidine rings is 1. The van der Waals surface area contributed by atoms with Crippen LogP contribution in [-0.4, -0.2) is 39.3 Å². The molecule has 3 heterocycles. The third-order valence-corrected chi connectivity index (χ3v) is 5.30. The van der Waals surface area contributed by atoms with Crippen LogP contribution in [0.4, 0.5) is 4.39 Å². The molecule has 1 N–H and O–H groups in total. The second-order valence-corrected chi connectivity index (χ2v) is 6.92. The Bertz CT molecular complexity index is 718. The summed E-state index contributed by atoms with van der Waals surface area (Å²) in [7, 11) is 0. The van der Waals surface area contributed by atoms with Gasteiger partial charge in [0, 0.05) is 25.6 Å². The molecule has 0 bridgehead atoms. The lowest BCUT2D eigenvalue weighted by atomic mass is 9.95. The topological polar surface area (TPSA) is 46.0 Å². The van der Waals surface area contributed by atoms with Gasteiger partial charge in [0.25, 0.3) is 0 Å². The van der Waals surface area contributed by atoms with E-state index >= 15 is 0 Å². The highest BCUT2D eigenvalue weighted by atomic mass is 19.1. The summed E-state index contributed by atoms with van der Waals surface area (Å²) in [6.07, 6.45) is 2.23. The van der Waals surface area contributed by atoms with Gasteiger partial charge in [-0.1, -0.05) is 6.07 Å². The molecule has 1 aromatic heterocycles. The molecule has 0 unspecified atom stereocenters. The van der Waals surface area contributed by atoms with Crippen LogP contribution in [0, 0.1) is 12.7 Å². The number of hydrogen-bond donors (Lipinski definition) is 1. The number of hydrogen-bond acceptors (Lipinski definition) is 4. The van der Waals surface area contributed by atoms with Crippen LogP contribution in [-0.2, 0) is 19.6 Å². The predicted molar refractivity (Wildman–Crippen MR) is 90.1 cm³/mol. The Hall–Kier alpha value is -1.79. The summed E-state index contributed by atoms with van der Waals surface area (Å²) in [4.78, 5) is 2.46. The molecule has 6 heteroatoms. The first-order valence-corrected chi connectivity index (χ1v) is 8.81. The van der Waals surface area contributed by atoms with E-state index in [-0.39, 0.29) is 5.82 Å². The molecule has 2 aromatic rings. The Kier molecular flexibility index (Phi) is 4.33. The van der Waals surface area contributed by atoms with Gasteiger partial charge in [0.05, 0.1) is 6.54 Å². The Morgan fingerprint density at radius 1 is 1.21 bits per heavy atom. The van der Waals surface area contributed by atoms with Crippen molar-refractivity contribution < 1.29 is 4.39 Å². The van der Waals surface area contributed by atoms with Gasteiger partial charge in [-0.2, -0.15) is 0 Å². The molecule has 1 aromatic carbocycles. The number of nitrogens with one attached hydrogen (secondary N) is 1. The van der Waals surface area contributed by atoms with Gasteiger partial charge in [-0.25, -0.2) is 4.39 Å². The van der Waals surface area contributed by atoms with Crippen molar-refractivity contribution in [3.8, 4) is 0 Å². The van der Waals surface area contributed by atoms with Crippen LogP contribution in [0.3, 0.4) is 0 Å². The smallest absolute Gasteiger partial charge is 0.147 e. The Balaban J connectivity index is 1.39. The summed E-state index contributed by atoms with van der Waals surface area (Å²) >= 11 is 0. The normalized spacial score (nSPS) is 19.4. The molecule has 2 aliphatic heterocycles. The number of likely N-dealkylation sites (tertiary alicyclic amines) is 1. The molecule has 5 nitrogen and oxygen atoms in total. The largest absolute Gasteiger partial charge is 0.312 e. The molecular weight excluding hydrogens is 305 g/mol. The number of nitrogens with zero attached hydrogens (tertiary/aromatic N) is 4.